The van der Waals surface area contributed by atoms with Gasteiger partial charge in [0.1, 0.15) is 5.82 Å². The summed E-state index contributed by atoms with van der Waals surface area (Å²) in [4.78, 5) is 17.5. The molecule has 1 aromatic heterocycles. The number of hydrogen-bond acceptors (Lipinski definition) is 5. The van der Waals surface area contributed by atoms with E-state index >= 15 is 0 Å². The average Bonchev–Trinajstić information content (AvgIpc) is 2.79. The van der Waals surface area contributed by atoms with Crippen LogP contribution in [0.4, 0.5) is 10.1 Å². The van der Waals surface area contributed by atoms with Crippen LogP contribution in [0.3, 0.4) is 0 Å². The zero-order valence-electron chi connectivity index (χ0n) is 18.4. The summed E-state index contributed by atoms with van der Waals surface area (Å²) in [5.41, 5.74) is 0.248. The maximum Gasteiger partial charge on any atom is 0.398 e. The van der Waals surface area contributed by atoms with Gasteiger partial charge in [-0.3, -0.25) is 14.3 Å². The molecule has 2 aromatic carbocycles. The molecule has 1 aliphatic rings. The summed E-state index contributed by atoms with van der Waals surface area (Å²) in [6.45, 7) is 1.37. The van der Waals surface area contributed by atoms with E-state index in [2.05, 4.69) is 10.3 Å². The molecule has 1 saturated carbocycles. The lowest BCUT2D eigenvalue weighted by molar-refractivity contribution is -0.136. The van der Waals surface area contributed by atoms with Crippen molar-refractivity contribution in [2.75, 3.05) is 5.32 Å². The second-order valence-corrected chi connectivity index (χ2v) is 10.1. The number of amides is 1. The van der Waals surface area contributed by atoms with E-state index in [1.807, 2.05) is 6.07 Å². The molecule has 1 fully saturated rings. The van der Waals surface area contributed by atoms with Crippen LogP contribution >= 0.6 is 11.6 Å². The second-order valence-electron chi connectivity index (χ2n) is 8.69. The van der Waals surface area contributed by atoms with Crippen LogP contribution in [-0.2, 0) is 19.4 Å². The number of pyridine rings is 1. The lowest BCUT2D eigenvalue weighted by Gasteiger charge is -2.39. The third kappa shape index (κ3) is 5.38. The second kappa shape index (κ2) is 9.58. The minimum atomic E-state index is -4.91. The van der Waals surface area contributed by atoms with Gasteiger partial charge in [-0.2, -0.15) is 8.42 Å². The molecule has 180 valence electrons. The van der Waals surface area contributed by atoms with Crippen molar-refractivity contribution in [3.8, 4) is 0 Å². The van der Waals surface area contributed by atoms with Crippen molar-refractivity contribution in [2.45, 2.75) is 44.1 Å². The van der Waals surface area contributed by atoms with Gasteiger partial charge in [0.05, 0.1) is 5.52 Å². The number of benzene rings is 2. The minimum Gasteiger partial charge on any atom is -0.324 e. The largest absolute Gasteiger partial charge is 0.398 e. The maximum atomic E-state index is 13.9. The molecule has 0 saturated heterocycles. The van der Waals surface area contributed by atoms with E-state index in [0.29, 0.717) is 41.9 Å². The first-order valence-electron chi connectivity index (χ1n) is 10.8. The Morgan fingerprint density at radius 1 is 1.15 bits per heavy atom. The Kier molecular flexibility index (Phi) is 6.91. The van der Waals surface area contributed by atoms with Gasteiger partial charge in [0, 0.05) is 22.3 Å². The normalized spacial score (nSPS) is 20.6. The maximum absolute atomic E-state index is 13.9. The highest BCUT2D eigenvalue weighted by atomic mass is 35.5. The van der Waals surface area contributed by atoms with E-state index in [1.165, 1.54) is 19.1 Å². The predicted molar refractivity (Wildman–Crippen MR) is 128 cm³/mol. The Balaban J connectivity index is 1.56. The number of halogens is 2. The van der Waals surface area contributed by atoms with Crippen LogP contribution in [0.15, 0.2) is 54.7 Å². The standard InChI is InChI=1S/C24H24ClFN2O5S/c1-24(33-34(30,31)32,23(29)28-19-9-6-17(25)7-10-19)16-4-2-15(3-5-16)20-12-13-27-22-11-8-18(26)14-21(20)22/h6-16H,2-5H2,1H3,(H,28,29)(H,30,31,32). The van der Waals surface area contributed by atoms with Crippen LogP contribution in [0.5, 0.6) is 0 Å². The van der Waals surface area contributed by atoms with Gasteiger partial charge >= 0.3 is 10.4 Å². The quantitative estimate of drug-likeness (QED) is 0.426. The van der Waals surface area contributed by atoms with Crippen molar-refractivity contribution in [3.63, 3.8) is 0 Å². The molecule has 0 spiro atoms. The predicted octanol–water partition coefficient (Wildman–Crippen LogP) is 5.52. The van der Waals surface area contributed by atoms with Gasteiger partial charge in [0.15, 0.2) is 5.60 Å². The topological polar surface area (TPSA) is 106 Å². The zero-order chi connectivity index (χ0) is 24.5. The van der Waals surface area contributed by atoms with E-state index in [4.69, 9.17) is 15.8 Å². The molecule has 1 amide bonds. The number of hydrogen-bond donors (Lipinski definition) is 2. The molecule has 3 aromatic rings. The van der Waals surface area contributed by atoms with Crippen molar-refractivity contribution in [1.82, 2.24) is 4.98 Å². The van der Waals surface area contributed by atoms with Crippen LogP contribution in [-0.4, -0.2) is 29.5 Å². The Bertz CT molecular complexity index is 1310. The number of anilines is 1. The summed E-state index contributed by atoms with van der Waals surface area (Å²) in [5.74, 6) is -1.43. The monoisotopic (exact) mass is 506 g/mol. The third-order valence-corrected chi connectivity index (χ3v) is 7.32. The van der Waals surface area contributed by atoms with Crippen molar-refractivity contribution < 1.29 is 26.3 Å². The molecule has 10 heteroatoms. The van der Waals surface area contributed by atoms with Gasteiger partial charge < -0.3 is 5.32 Å². The van der Waals surface area contributed by atoms with Crippen LogP contribution in [0.25, 0.3) is 10.9 Å². The summed E-state index contributed by atoms with van der Waals surface area (Å²) in [5, 5.41) is 3.88. The smallest absolute Gasteiger partial charge is 0.324 e. The van der Waals surface area contributed by atoms with Crippen molar-refractivity contribution in [3.05, 3.63) is 71.1 Å². The van der Waals surface area contributed by atoms with Crippen LogP contribution < -0.4 is 5.32 Å². The number of fused-ring (bicyclic) bond motifs is 1. The fraction of sp³-hybridized carbons (Fsp3) is 0.333. The molecule has 0 bridgehead atoms. The molecule has 2 N–H and O–H groups in total. The first-order chi connectivity index (χ1) is 16.0. The number of carbonyl (C=O) groups excluding carboxylic acids is 1. The number of aromatic nitrogens is 1. The SMILES string of the molecule is CC(OS(=O)(=O)O)(C(=O)Nc1ccc(Cl)cc1)C1CCC(c2ccnc3ccc(F)cc23)CC1. The Morgan fingerprint density at radius 2 is 1.82 bits per heavy atom. The summed E-state index contributed by atoms with van der Waals surface area (Å²) >= 11 is 5.88. The zero-order valence-corrected chi connectivity index (χ0v) is 19.9. The highest BCUT2D eigenvalue weighted by Gasteiger charge is 2.47. The van der Waals surface area contributed by atoms with Gasteiger partial charge in [-0.15, -0.1) is 0 Å². The van der Waals surface area contributed by atoms with E-state index in [9.17, 15) is 22.2 Å². The molecule has 34 heavy (non-hydrogen) atoms. The number of carbonyl (C=O) groups is 1. The van der Waals surface area contributed by atoms with E-state index in [0.717, 1.165) is 10.9 Å². The molecule has 0 radical (unpaired) electrons. The number of rotatable bonds is 6. The van der Waals surface area contributed by atoms with E-state index in [1.54, 1.807) is 36.5 Å². The third-order valence-electron chi connectivity index (χ3n) is 6.51. The van der Waals surface area contributed by atoms with Gasteiger partial charge in [-0.1, -0.05) is 11.6 Å². The molecule has 1 aliphatic carbocycles. The first kappa shape index (κ1) is 24.5. The van der Waals surface area contributed by atoms with E-state index in [-0.39, 0.29) is 11.7 Å². The van der Waals surface area contributed by atoms with Crippen LogP contribution in [0.2, 0.25) is 5.02 Å². The molecule has 1 heterocycles. The Hall–Kier alpha value is -2.59. The lowest BCUT2D eigenvalue weighted by Crippen LogP contribution is -2.51. The molecule has 1 unspecified atom stereocenters. The van der Waals surface area contributed by atoms with Gasteiger partial charge in [-0.25, -0.2) is 8.57 Å². The summed E-state index contributed by atoms with van der Waals surface area (Å²) in [7, 11) is -4.91. The number of nitrogens with one attached hydrogen (secondary N) is 1. The minimum absolute atomic E-state index is 0.0814. The fourth-order valence-corrected chi connectivity index (χ4v) is 5.52. The van der Waals surface area contributed by atoms with Crippen molar-refractivity contribution in [2.24, 2.45) is 5.92 Å². The van der Waals surface area contributed by atoms with Gasteiger partial charge in [0.2, 0.25) is 0 Å². The van der Waals surface area contributed by atoms with Crippen molar-refractivity contribution in [1.29, 1.82) is 0 Å². The van der Waals surface area contributed by atoms with Crippen LogP contribution in [0, 0.1) is 11.7 Å². The molecule has 7 nitrogen and oxygen atoms in total. The lowest BCUT2D eigenvalue weighted by atomic mass is 9.71. The van der Waals surface area contributed by atoms with Crippen LogP contribution in [0.1, 0.15) is 44.1 Å². The van der Waals surface area contributed by atoms with E-state index < -0.39 is 27.8 Å². The molecular weight excluding hydrogens is 483 g/mol. The fourth-order valence-electron chi connectivity index (χ4n) is 4.75. The van der Waals surface area contributed by atoms with Gasteiger partial charge in [0.25, 0.3) is 5.91 Å². The van der Waals surface area contributed by atoms with Gasteiger partial charge in [-0.05, 0) is 98.5 Å². The Labute approximate surface area is 202 Å². The molecule has 4 rings (SSSR count). The Morgan fingerprint density at radius 3 is 2.47 bits per heavy atom. The average molecular weight is 507 g/mol. The molecule has 1 atom stereocenters. The summed E-state index contributed by atoms with van der Waals surface area (Å²) in [6, 6.07) is 12.7. The van der Waals surface area contributed by atoms with Crippen molar-refractivity contribution >= 4 is 44.5 Å². The number of nitrogens with zero attached hydrogens (tertiary/aromatic N) is 1. The summed E-state index contributed by atoms with van der Waals surface area (Å²) < 4.78 is 51.6. The highest BCUT2D eigenvalue weighted by Crippen LogP contribution is 2.43. The first-order valence-corrected chi connectivity index (χ1v) is 12.6. The summed E-state index contributed by atoms with van der Waals surface area (Å²) in [6.07, 6.45) is 3.86. The highest BCUT2D eigenvalue weighted by molar-refractivity contribution is 7.81. The molecule has 0 aliphatic heterocycles. The molecular formula is C24H24ClFN2O5S.